The molecule has 2 rings (SSSR count). The molecule has 0 radical (unpaired) electrons. The number of aryl methyl sites for hydroxylation is 1. The Bertz CT molecular complexity index is 335. The van der Waals surface area contributed by atoms with Crippen LogP contribution in [0.15, 0.2) is 24.3 Å². The van der Waals surface area contributed by atoms with Crippen LogP contribution in [0.1, 0.15) is 31.7 Å². The summed E-state index contributed by atoms with van der Waals surface area (Å²) in [7, 11) is 0. The number of fused-ring (bicyclic) bond motifs is 1. The van der Waals surface area contributed by atoms with Gasteiger partial charge in [0.15, 0.2) is 0 Å². The zero-order valence-corrected chi connectivity index (χ0v) is 10.2. The van der Waals surface area contributed by atoms with Crippen LogP contribution < -0.4 is 10.6 Å². The molecule has 1 unspecified atom stereocenters. The molecule has 1 aliphatic heterocycles. The van der Waals surface area contributed by atoms with E-state index < -0.39 is 0 Å². The van der Waals surface area contributed by atoms with Crippen molar-refractivity contribution in [3.63, 3.8) is 0 Å². The minimum atomic E-state index is 0.559. The smallest absolute Gasteiger partial charge is 0.0401 e. The zero-order chi connectivity index (χ0) is 11.4. The highest BCUT2D eigenvalue weighted by Crippen LogP contribution is 2.28. The van der Waals surface area contributed by atoms with E-state index in [2.05, 4.69) is 36.1 Å². The lowest BCUT2D eigenvalue weighted by Crippen LogP contribution is -2.35. The molecule has 88 valence electrons. The minimum absolute atomic E-state index is 0.559. The van der Waals surface area contributed by atoms with Crippen LogP contribution >= 0.6 is 0 Å². The van der Waals surface area contributed by atoms with E-state index in [1.807, 2.05) is 0 Å². The van der Waals surface area contributed by atoms with Crippen LogP contribution in [-0.4, -0.2) is 19.1 Å². The molecule has 0 aromatic heterocycles. The van der Waals surface area contributed by atoms with Crippen molar-refractivity contribution >= 4 is 5.69 Å². The summed E-state index contributed by atoms with van der Waals surface area (Å²) >= 11 is 0. The van der Waals surface area contributed by atoms with Crippen molar-refractivity contribution in [2.75, 3.05) is 18.0 Å². The van der Waals surface area contributed by atoms with E-state index in [0.717, 1.165) is 13.0 Å². The topological polar surface area (TPSA) is 29.3 Å². The summed E-state index contributed by atoms with van der Waals surface area (Å²) in [5.74, 6) is 0. The maximum Gasteiger partial charge on any atom is 0.0401 e. The van der Waals surface area contributed by atoms with Gasteiger partial charge in [0.1, 0.15) is 0 Å². The van der Waals surface area contributed by atoms with Crippen molar-refractivity contribution in [2.45, 2.75) is 38.6 Å². The summed E-state index contributed by atoms with van der Waals surface area (Å²) in [6.45, 7) is 4.24. The highest BCUT2D eigenvalue weighted by atomic mass is 15.2. The Hall–Kier alpha value is -1.02. The van der Waals surface area contributed by atoms with Gasteiger partial charge in [0.05, 0.1) is 0 Å². The third kappa shape index (κ3) is 2.38. The van der Waals surface area contributed by atoms with Gasteiger partial charge in [-0.2, -0.15) is 0 Å². The maximum atomic E-state index is 5.67. The van der Waals surface area contributed by atoms with Crippen LogP contribution in [0.25, 0.3) is 0 Å². The Labute approximate surface area is 98.4 Å². The van der Waals surface area contributed by atoms with Gasteiger partial charge in [-0.1, -0.05) is 18.2 Å². The summed E-state index contributed by atoms with van der Waals surface area (Å²) in [4.78, 5) is 2.54. The summed E-state index contributed by atoms with van der Waals surface area (Å²) in [6, 6.07) is 9.38. The van der Waals surface area contributed by atoms with Crippen LogP contribution in [-0.2, 0) is 6.42 Å². The first-order valence-electron chi connectivity index (χ1n) is 6.37. The predicted octanol–water partition coefficient (Wildman–Crippen LogP) is 2.57. The second-order valence-corrected chi connectivity index (χ2v) is 4.71. The average Bonchev–Trinajstić information content (AvgIpc) is 2.51. The van der Waals surface area contributed by atoms with Crippen LogP contribution in [0.2, 0.25) is 0 Å². The van der Waals surface area contributed by atoms with Gasteiger partial charge < -0.3 is 10.6 Å². The number of hydrogen-bond donors (Lipinski definition) is 1. The fourth-order valence-corrected chi connectivity index (χ4v) is 2.58. The van der Waals surface area contributed by atoms with Crippen molar-refractivity contribution in [3.05, 3.63) is 29.8 Å². The highest BCUT2D eigenvalue weighted by molar-refractivity contribution is 5.55. The van der Waals surface area contributed by atoms with E-state index in [-0.39, 0.29) is 0 Å². The number of anilines is 1. The molecule has 1 aromatic rings. The van der Waals surface area contributed by atoms with E-state index >= 15 is 0 Å². The largest absolute Gasteiger partial charge is 0.369 e. The predicted molar refractivity (Wildman–Crippen MR) is 69.9 cm³/mol. The SMILES string of the molecule is CC(CCN)N1CCCCc2ccccc21. The van der Waals surface area contributed by atoms with E-state index in [1.54, 1.807) is 0 Å². The van der Waals surface area contributed by atoms with Gasteiger partial charge in [-0.05, 0) is 50.8 Å². The Kier molecular flexibility index (Phi) is 3.83. The van der Waals surface area contributed by atoms with Gasteiger partial charge >= 0.3 is 0 Å². The zero-order valence-electron chi connectivity index (χ0n) is 10.2. The fourth-order valence-electron chi connectivity index (χ4n) is 2.58. The number of nitrogens with zero attached hydrogens (tertiary/aromatic N) is 1. The molecule has 2 nitrogen and oxygen atoms in total. The van der Waals surface area contributed by atoms with E-state index in [1.165, 1.54) is 37.1 Å². The maximum absolute atomic E-state index is 5.67. The lowest BCUT2D eigenvalue weighted by Gasteiger charge is -2.31. The monoisotopic (exact) mass is 218 g/mol. The second-order valence-electron chi connectivity index (χ2n) is 4.71. The molecule has 2 N–H and O–H groups in total. The minimum Gasteiger partial charge on any atom is -0.369 e. The van der Waals surface area contributed by atoms with Gasteiger partial charge in [0.25, 0.3) is 0 Å². The Balaban J connectivity index is 2.25. The van der Waals surface area contributed by atoms with E-state index in [9.17, 15) is 0 Å². The Morgan fingerprint density at radius 2 is 2.12 bits per heavy atom. The molecule has 0 fully saturated rings. The molecule has 1 aliphatic rings. The van der Waals surface area contributed by atoms with Crippen LogP contribution in [0, 0.1) is 0 Å². The molecule has 0 saturated carbocycles. The highest BCUT2D eigenvalue weighted by Gasteiger charge is 2.18. The van der Waals surface area contributed by atoms with Gasteiger partial charge in [-0.25, -0.2) is 0 Å². The summed E-state index contributed by atoms with van der Waals surface area (Å²) in [5.41, 5.74) is 8.60. The summed E-state index contributed by atoms with van der Waals surface area (Å²) in [6.07, 6.45) is 4.91. The normalized spacial score (nSPS) is 17.8. The lowest BCUT2D eigenvalue weighted by molar-refractivity contribution is 0.584. The first-order chi connectivity index (χ1) is 7.83. The number of benzene rings is 1. The molecule has 1 atom stereocenters. The van der Waals surface area contributed by atoms with Crippen LogP contribution in [0.5, 0.6) is 0 Å². The van der Waals surface area contributed by atoms with E-state index in [0.29, 0.717) is 6.04 Å². The fraction of sp³-hybridized carbons (Fsp3) is 0.571. The van der Waals surface area contributed by atoms with Crippen molar-refractivity contribution < 1.29 is 0 Å². The number of nitrogens with two attached hydrogens (primary N) is 1. The van der Waals surface area contributed by atoms with Gasteiger partial charge in [-0.15, -0.1) is 0 Å². The number of hydrogen-bond acceptors (Lipinski definition) is 2. The molecule has 0 amide bonds. The molecule has 0 bridgehead atoms. The molecule has 2 heteroatoms. The Morgan fingerprint density at radius 3 is 2.94 bits per heavy atom. The third-order valence-electron chi connectivity index (χ3n) is 3.51. The van der Waals surface area contributed by atoms with Crippen LogP contribution in [0.4, 0.5) is 5.69 Å². The molecule has 1 heterocycles. The van der Waals surface area contributed by atoms with Gasteiger partial charge in [0, 0.05) is 18.3 Å². The average molecular weight is 218 g/mol. The standard InChI is InChI=1S/C14H22N2/c1-12(9-10-15)16-11-5-4-7-13-6-2-3-8-14(13)16/h2-3,6,8,12H,4-5,7,9-11,15H2,1H3. The van der Waals surface area contributed by atoms with Crippen LogP contribution in [0.3, 0.4) is 0 Å². The van der Waals surface area contributed by atoms with E-state index in [4.69, 9.17) is 5.73 Å². The summed E-state index contributed by atoms with van der Waals surface area (Å²) < 4.78 is 0. The second kappa shape index (κ2) is 5.35. The molecule has 1 aromatic carbocycles. The first kappa shape index (κ1) is 11.5. The lowest BCUT2D eigenvalue weighted by atomic mass is 10.1. The van der Waals surface area contributed by atoms with Crippen molar-refractivity contribution in [1.82, 2.24) is 0 Å². The molecule has 0 spiro atoms. The quantitative estimate of drug-likeness (QED) is 0.845. The number of rotatable bonds is 3. The van der Waals surface area contributed by atoms with Crippen molar-refractivity contribution in [1.29, 1.82) is 0 Å². The molecule has 0 aliphatic carbocycles. The molecule has 0 saturated heterocycles. The molecular weight excluding hydrogens is 196 g/mol. The van der Waals surface area contributed by atoms with Gasteiger partial charge in [-0.3, -0.25) is 0 Å². The first-order valence-corrected chi connectivity index (χ1v) is 6.37. The third-order valence-corrected chi connectivity index (χ3v) is 3.51. The summed E-state index contributed by atoms with van der Waals surface area (Å²) in [5, 5.41) is 0. The van der Waals surface area contributed by atoms with Gasteiger partial charge in [0.2, 0.25) is 0 Å². The molecule has 16 heavy (non-hydrogen) atoms. The Morgan fingerprint density at radius 1 is 1.31 bits per heavy atom. The van der Waals surface area contributed by atoms with Crippen molar-refractivity contribution in [2.24, 2.45) is 5.73 Å². The number of para-hydroxylation sites is 1. The molecular formula is C14H22N2. The van der Waals surface area contributed by atoms with Crippen molar-refractivity contribution in [3.8, 4) is 0 Å².